The van der Waals surface area contributed by atoms with E-state index in [1.165, 1.54) is 0 Å². The molecule has 1 aliphatic heterocycles. The van der Waals surface area contributed by atoms with Crippen LogP contribution in [-0.2, 0) is 4.79 Å². The summed E-state index contributed by atoms with van der Waals surface area (Å²) in [5.74, 6) is 0.117. The zero-order valence-electron chi connectivity index (χ0n) is 7.76. The van der Waals surface area contributed by atoms with Crippen molar-refractivity contribution in [3.05, 3.63) is 0 Å². The Kier molecular flexibility index (Phi) is 2.73. The fourth-order valence-corrected chi connectivity index (χ4v) is 1.92. The average molecular weight is 171 g/mol. The van der Waals surface area contributed by atoms with Gasteiger partial charge >= 0.3 is 0 Å². The Balaban J connectivity index is 2.72. The van der Waals surface area contributed by atoms with E-state index in [0.29, 0.717) is 0 Å². The van der Waals surface area contributed by atoms with Crippen LogP contribution in [0.3, 0.4) is 0 Å². The van der Waals surface area contributed by atoms with Gasteiger partial charge in [0, 0.05) is 0 Å². The lowest BCUT2D eigenvalue weighted by Crippen LogP contribution is -2.32. The van der Waals surface area contributed by atoms with Crippen LogP contribution >= 0.6 is 0 Å². The summed E-state index contributed by atoms with van der Waals surface area (Å²) >= 11 is 0. The molecule has 1 heterocycles. The first-order valence-corrected chi connectivity index (χ1v) is 4.60. The molecule has 1 aliphatic rings. The molecule has 1 saturated heterocycles. The summed E-state index contributed by atoms with van der Waals surface area (Å²) in [6.07, 6.45) is 2.52. The second-order valence-electron chi connectivity index (χ2n) is 3.54. The molecule has 0 unspecified atom stereocenters. The zero-order chi connectivity index (χ0) is 9.19. The van der Waals surface area contributed by atoms with Crippen LogP contribution in [0.5, 0.6) is 0 Å². The third-order valence-electron chi connectivity index (χ3n) is 3.03. The van der Waals surface area contributed by atoms with Gasteiger partial charge in [-0.1, -0.05) is 13.8 Å². The van der Waals surface area contributed by atoms with Crippen molar-refractivity contribution < 1.29 is 9.90 Å². The van der Waals surface area contributed by atoms with Gasteiger partial charge in [0.05, 0.1) is 18.1 Å². The summed E-state index contributed by atoms with van der Waals surface area (Å²) in [7, 11) is 0. The molecule has 3 nitrogen and oxygen atoms in total. The smallest absolute Gasteiger partial charge is 0.226 e. The Morgan fingerprint density at radius 2 is 2.17 bits per heavy atom. The summed E-state index contributed by atoms with van der Waals surface area (Å²) < 4.78 is 0. The molecule has 0 radical (unpaired) electrons. The van der Waals surface area contributed by atoms with Crippen LogP contribution in [0, 0.1) is 5.41 Å². The molecule has 0 spiro atoms. The Bertz CT molecular complexity index is 175. The molecule has 1 fully saturated rings. The normalized spacial score (nSPS) is 27.2. The molecule has 70 valence electrons. The molecule has 0 bridgehead atoms. The molecule has 0 aromatic heterocycles. The maximum absolute atomic E-state index is 11.5. The van der Waals surface area contributed by atoms with Crippen LogP contribution in [0.15, 0.2) is 0 Å². The van der Waals surface area contributed by atoms with Crippen molar-refractivity contribution in [1.82, 2.24) is 5.32 Å². The van der Waals surface area contributed by atoms with E-state index in [1.807, 2.05) is 13.8 Å². The van der Waals surface area contributed by atoms with E-state index in [4.69, 9.17) is 5.11 Å². The SMILES string of the molecule is CCC1(CC)C[C@@H](CO)NC1=O. The molecule has 2 N–H and O–H groups in total. The minimum absolute atomic E-state index is 0.0163. The quantitative estimate of drug-likeness (QED) is 0.656. The molecule has 0 aliphatic carbocycles. The zero-order valence-corrected chi connectivity index (χ0v) is 7.76. The first-order valence-electron chi connectivity index (χ1n) is 4.60. The number of hydrogen-bond donors (Lipinski definition) is 2. The van der Waals surface area contributed by atoms with E-state index in [1.54, 1.807) is 0 Å². The van der Waals surface area contributed by atoms with Gasteiger partial charge in [-0.3, -0.25) is 4.79 Å². The number of rotatable bonds is 3. The molecule has 1 atom stereocenters. The number of amides is 1. The lowest BCUT2D eigenvalue weighted by molar-refractivity contribution is -0.128. The second kappa shape index (κ2) is 3.44. The Morgan fingerprint density at radius 3 is 2.42 bits per heavy atom. The maximum atomic E-state index is 11.5. The standard InChI is InChI=1S/C9H17NO2/c1-3-9(4-2)5-7(6-11)10-8(9)12/h7,11H,3-6H2,1-2H3,(H,10,12)/t7-/m0/s1. The van der Waals surface area contributed by atoms with Gasteiger partial charge in [-0.15, -0.1) is 0 Å². The van der Waals surface area contributed by atoms with Crippen molar-refractivity contribution >= 4 is 5.91 Å². The van der Waals surface area contributed by atoms with Gasteiger partial charge in [0.25, 0.3) is 0 Å². The molecule has 0 aromatic rings. The van der Waals surface area contributed by atoms with Crippen LogP contribution in [0.4, 0.5) is 0 Å². The van der Waals surface area contributed by atoms with E-state index in [2.05, 4.69) is 5.32 Å². The van der Waals surface area contributed by atoms with Crippen molar-refractivity contribution in [2.45, 2.75) is 39.2 Å². The molecular formula is C9H17NO2. The number of carbonyl (C=O) groups is 1. The minimum atomic E-state index is -0.201. The monoisotopic (exact) mass is 171 g/mol. The van der Waals surface area contributed by atoms with Crippen molar-refractivity contribution in [2.75, 3.05) is 6.61 Å². The van der Waals surface area contributed by atoms with Crippen molar-refractivity contribution in [1.29, 1.82) is 0 Å². The number of nitrogens with one attached hydrogen (secondary N) is 1. The van der Waals surface area contributed by atoms with E-state index in [-0.39, 0.29) is 24.0 Å². The highest BCUT2D eigenvalue weighted by atomic mass is 16.3. The van der Waals surface area contributed by atoms with Crippen LogP contribution in [0.2, 0.25) is 0 Å². The predicted molar refractivity (Wildman–Crippen MR) is 46.6 cm³/mol. The van der Waals surface area contributed by atoms with E-state index >= 15 is 0 Å². The van der Waals surface area contributed by atoms with Crippen LogP contribution in [0.25, 0.3) is 0 Å². The highest BCUT2D eigenvalue weighted by Gasteiger charge is 2.43. The van der Waals surface area contributed by atoms with Crippen molar-refractivity contribution in [2.24, 2.45) is 5.41 Å². The fourth-order valence-electron chi connectivity index (χ4n) is 1.92. The van der Waals surface area contributed by atoms with Gasteiger partial charge in [-0.05, 0) is 19.3 Å². The van der Waals surface area contributed by atoms with Crippen LogP contribution < -0.4 is 5.32 Å². The molecule has 1 amide bonds. The van der Waals surface area contributed by atoms with Crippen molar-refractivity contribution in [3.63, 3.8) is 0 Å². The number of carbonyl (C=O) groups excluding carboxylic acids is 1. The van der Waals surface area contributed by atoms with Gasteiger partial charge in [0.1, 0.15) is 0 Å². The molecular weight excluding hydrogens is 154 g/mol. The Hall–Kier alpha value is -0.570. The number of aliphatic hydroxyl groups excluding tert-OH is 1. The maximum Gasteiger partial charge on any atom is 0.226 e. The summed E-state index contributed by atoms with van der Waals surface area (Å²) in [5.41, 5.74) is -0.201. The summed E-state index contributed by atoms with van der Waals surface area (Å²) in [4.78, 5) is 11.5. The largest absolute Gasteiger partial charge is 0.394 e. The minimum Gasteiger partial charge on any atom is -0.394 e. The lowest BCUT2D eigenvalue weighted by atomic mass is 9.80. The highest BCUT2D eigenvalue weighted by Crippen LogP contribution is 2.36. The molecule has 12 heavy (non-hydrogen) atoms. The third kappa shape index (κ3) is 1.33. The van der Waals surface area contributed by atoms with E-state index < -0.39 is 0 Å². The van der Waals surface area contributed by atoms with E-state index in [0.717, 1.165) is 19.3 Å². The lowest BCUT2D eigenvalue weighted by Gasteiger charge is -2.21. The summed E-state index contributed by atoms with van der Waals surface area (Å²) in [6, 6.07) is -0.0163. The van der Waals surface area contributed by atoms with Gasteiger partial charge in [0.15, 0.2) is 0 Å². The van der Waals surface area contributed by atoms with Gasteiger partial charge in [-0.25, -0.2) is 0 Å². The van der Waals surface area contributed by atoms with Gasteiger partial charge < -0.3 is 10.4 Å². The van der Waals surface area contributed by atoms with Gasteiger partial charge in [0.2, 0.25) is 5.91 Å². The van der Waals surface area contributed by atoms with Crippen molar-refractivity contribution in [3.8, 4) is 0 Å². The summed E-state index contributed by atoms with van der Waals surface area (Å²) in [5, 5.41) is 11.7. The Labute approximate surface area is 73.2 Å². The highest BCUT2D eigenvalue weighted by molar-refractivity contribution is 5.85. The first kappa shape index (κ1) is 9.52. The van der Waals surface area contributed by atoms with Crippen LogP contribution in [-0.4, -0.2) is 23.7 Å². The Morgan fingerprint density at radius 1 is 1.58 bits per heavy atom. The average Bonchev–Trinajstić information content (AvgIpc) is 2.43. The molecule has 0 aromatic carbocycles. The predicted octanol–water partition coefficient (Wildman–Crippen LogP) is 0.674. The fraction of sp³-hybridized carbons (Fsp3) is 0.889. The molecule has 3 heteroatoms. The third-order valence-corrected chi connectivity index (χ3v) is 3.03. The first-order chi connectivity index (χ1) is 5.68. The topological polar surface area (TPSA) is 49.3 Å². The number of aliphatic hydroxyl groups is 1. The van der Waals surface area contributed by atoms with Gasteiger partial charge in [-0.2, -0.15) is 0 Å². The van der Waals surface area contributed by atoms with Crippen LogP contribution in [0.1, 0.15) is 33.1 Å². The second-order valence-corrected chi connectivity index (χ2v) is 3.54. The molecule has 1 rings (SSSR count). The number of hydrogen-bond acceptors (Lipinski definition) is 2. The van der Waals surface area contributed by atoms with E-state index in [9.17, 15) is 4.79 Å². The summed E-state index contributed by atoms with van der Waals surface area (Å²) in [6.45, 7) is 4.12. The molecule has 0 saturated carbocycles.